The highest BCUT2D eigenvalue weighted by Gasteiger charge is 2.44. The van der Waals surface area contributed by atoms with E-state index in [-0.39, 0.29) is 34.0 Å². The van der Waals surface area contributed by atoms with Gasteiger partial charge in [-0.15, -0.1) is 0 Å². The fourth-order valence-corrected chi connectivity index (χ4v) is 3.76. The fourth-order valence-electron chi connectivity index (χ4n) is 3.76. The Bertz CT molecular complexity index is 1250. The molecule has 1 saturated heterocycles. The van der Waals surface area contributed by atoms with Crippen LogP contribution in [0.5, 0.6) is 28.7 Å². The van der Waals surface area contributed by atoms with Crippen molar-refractivity contribution in [1.29, 1.82) is 0 Å². The van der Waals surface area contributed by atoms with Crippen LogP contribution in [-0.2, 0) is 4.74 Å². The van der Waals surface area contributed by atoms with Gasteiger partial charge in [0.1, 0.15) is 35.0 Å². The molecule has 2 aromatic carbocycles. The van der Waals surface area contributed by atoms with Gasteiger partial charge in [-0.05, 0) is 31.2 Å². The average Bonchev–Trinajstić information content (AvgIpc) is 2.82. The summed E-state index contributed by atoms with van der Waals surface area (Å²) in [7, 11) is 2.63. The summed E-state index contributed by atoms with van der Waals surface area (Å²) < 4.78 is 27.5. The summed E-state index contributed by atoms with van der Waals surface area (Å²) in [5, 5.41) is 50.6. The van der Waals surface area contributed by atoms with Crippen molar-refractivity contribution in [2.24, 2.45) is 0 Å². The Kier molecular flexibility index (Phi) is 6.28. The third kappa shape index (κ3) is 3.88. The van der Waals surface area contributed by atoms with E-state index in [4.69, 9.17) is 23.4 Å². The van der Waals surface area contributed by atoms with Gasteiger partial charge in [-0.3, -0.25) is 4.79 Å². The Morgan fingerprint density at radius 3 is 2.21 bits per heavy atom. The van der Waals surface area contributed by atoms with Gasteiger partial charge in [0.25, 0.3) is 0 Å². The second-order valence-corrected chi connectivity index (χ2v) is 7.77. The maximum atomic E-state index is 13.5. The molecule has 1 fully saturated rings. The van der Waals surface area contributed by atoms with Crippen LogP contribution in [-0.4, -0.2) is 70.5 Å². The molecule has 1 aliphatic rings. The molecule has 0 spiro atoms. The number of phenolic OH excluding ortho intramolecular Hbond substituents is 2. The van der Waals surface area contributed by atoms with Gasteiger partial charge in [0, 0.05) is 11.6 Å². The van der Waals surface area contributed by atoms with Crippen molar-refractivity contribution in [3.8, 4) is 40.1 Å². The normalized spacial score (nSPS) is 24.7. The number of phenols is 2. The quantitative estimate of drug-likeness (QED) is 0.357. The van der Waals surface area contributed by atoms with Crippen molar-refractivity contribution < 1.29 is 48.9 Å². The standard InChI is InChI=1S/C23H24O11/c1-9-15(25)18(28)19(29)23(32-9)34-22-17(27)14-12(8-13(30-2)21(31-3)16(14)26)33-20(22)10-4-6-11(24)7-5-10/h4-9,15,18-19,23-26,28-29H,1-3H3/t9-,15-,18-,19-,23-/m0/s1. The second-order valence-electron chi connectivity index (χ2n) is 7.77. The third-order valence-electron chi connectivity index (χ3n) is 5.63. The Balaban J connectivity index is 1.95. The van der Waals surface area contributed by atoms with Crippen LogP contribution in [0.2, 0.25) is 0 Å². The van der Waals surface area contributed by atoms with Crippen LogP contribution in [0.25, 0.3) is 22.3 Å². The lowest BCUT2D eigenvalue weighted by Gasteiger charge is -2.38. The molecule has 5 atom stereocenters. The van der Waals surface area contributed by atoms with Crippen LogP contribution in [0.15, 0.2) is 39.5 Å². The molecule has 182 valence electrons. The number of hydrogen-bond acceptors (Lipinski definition) is 11. The molecule has 11 nitrogen and oxygen atoms in total. The highest BCUT2D eigenvalue weighted by atomic mass is 16.7. The monoisotopic (exact) mass is 476 g/mol. The van der Waals surface area contributed by atoms with Crippen molar-refractivity contribution in [3.63, 3.8) is 0 Å². The summed E-state index contributed by atoms with van der Waals surface area (Å²) in [6, 6.07) is 7.02. The minimum absolute atomic E-state index is 0.0321. The third-order valence-corrected chi connectivity index (χ3v) is 5.63. The maximum absolute atomic E-state index is 13.5. The van der Waals surface area contributed by atoms with E-state index in [1.54, 1.807) is 0 Å². The van der Waals surface area contributed by atoms with Crippen LogP contribution in [0.4, 0.5) is 0 Å². The van der Waals surface area contributed by atoms with Crippen molar-refractivity contribution >= 4 is 11.0 Å². The Morgan fingerprint density at radius 1 is 0.912 bits per heavy atom. The van der Waals surface area contributed by atoms with Gasteiger partial charge >= 0.3 is 0 Å². The predicted molar refractivity (Wildman–Crippen MR) is 117 cm³/mol. The van der Waals surface area contributed by atoms with Crippen molar-refractivity contribution in [2.45, 2.75) is 37.6 Å². The number of fused-ring (bicyclic) bond motifs is 1. The van der Waals surface area contributed by atoms with Gasteiger partial charge in [0.15, 0.2) is 17.3 Å². The van der Waals surface area contributed by atoms with Gasteiger partial charge in [0.2, 0.25) is 23.2 Å². The van der Waals surface area contributed by atoms with Gasteiger partial charge in [-0.2, -0.15) is 0 Å². The van der Waals surface area contributed by atoms with E-state index < -0.39 is 47.6 Å². The van der Waals surface area contributed by atoms with Crippen LogP contribution in [0.1, 0.15) is 6.92 Å². The molecule has 1 aliphatic heterocycles. The topological polar surface area (TPSA) is 168 Å². The van der Waals surface area contributed by atoms with E-state index in [1.807, 2.05) is 0 Å². The molecule has 0 aliphatic carbocycles. The number of rotatable bonds is 5. The highest BCUT2D eigenvalue weighted by molar-refractivity contribution is 5.91. The number of ether oxygens (including phenoxy) is 4. The minimum Gasteiger partial charge on any atom is -0.508 e. The van der Waals surface area contributed by atoms with Crippen LogP contribution < -0.4 is 19.6 Å². The smallest absolute Gasteiger partial charge is 0.239 e. The van der Waals surface area contributed by atoms with Crippen LogP contribution in [0.3, 0.4) is 0 Å². The molecular weight excluding hydrogens is 452 g/mol. The zero-order valence-electron chi connectivity index (χ0n) is 18.5. The van der Waals surface area contributed by atoms with Crippen molar-refractivity contribution in [1.82, 2.24) is 0 Å². The Hall–Kier alpha value is -3.51. The fraction of sp³-hybridized carbons (Fsp3) is 0.348. The Morgan fingerprint density at radius 2 is 1.59 bits per heavy atom. The summed E-state index contributed by atoms with van der Waals surface area (Å²) in [6.45, 7) is 1.46. The first kappa shape index (κ1) is 23.6. The molecule has 0 saturated carbocycles. The van der Waals surface area contributed by atoms with Gasteiger partial charge in [-0.25, -0.2) is 0 Å². The summed E-state index contributed by atoms with van der Waals surface area (Å²) in [6.07, 6.45) is -7.15. The maximum Gasteiger partial charge on any atom is 0.239 e. The number of hydrogen-bond donors (Lipinski definition) is 5. The zero-order valence-corrected chi connectivity index (χ0v) is 18.5. The second kappa shape index (κ2) is 9.03. The molecule has 1 aromatic heterocycles. The minimum atomic E-state index is -1.70. The number of aliphatic hydroxyl groups excluding tert-OH is 3. The summed E-state index contributed by atoms with van der Waals surface area (Å²) in [5.74, 6) is -1.13. The summed E-state index contributed by atoms with van der Waals surface area (Å²) >= 11 is 0. The van der Waals surface area contributed by atoms with Crippen molar-refractivity contribution in [3.05, 3.63) is 40.6 Å². The number of aliphatic hydroxyl groups is 3. The van der Waals surface area contributed by atoms with E-state index in [1.165, 1.54) is 51.5 Å². The first-order valence-electron chi connectivity index (χ1n) is 10.3. The highest BCUT2D eigenvalue weighted by Crippen LogP contribution is 2.44. The first-order chi connectivity index (χ1) is 16.2. The van der Waals surface area contributed by atoms with Gasteiger partial charge in [0.05, 0.1) is 20.3 Å². The van der Waals surface area contributed by atoms with Gasteiger partial charge in [-0.1, -0.05) is 0 Å². The number of methoxy groups -OCH3 is 2. The SMILES string of the molecule is COc1cc2oc(-c3ccc(O)cc3)c(O[C@@H]3O[C@@H](C)[C@H](O)[C@H](O)[C@@H]3O)c(=O)c2c(O)c1OC. The molecule has 4 rings (SSSR count). The van der Waals surface area contributed by atoms with E-state index >= 15 is 0 Å². The van der Waals surface area contributed by atoms with E-state index in [2.05, 4.69) is 0 Å². The molecule has 2 heterocycles. The number of benzene rings is 2. The molecule has 34 heavy (non-hydrogen) atoms. The summed E-state index contributed by atoms with van der Waals surface area (Å²) in [4.78, 5) is 13.5. The lowest BCUT2D eigenvalue weighted by molar-refractivity contribution is -0.268. The molecule has 0 unspecified atom stereocenters. The molecule has 3 aromatic rings. The van der Waals surface area contributed by atoms with E-state index in [0.29, 0.717) is 5.56 Å². The molecule has 5 N–H and O–H groups in total. The lowest BCUT2D eigenvalue weighted by Crippen LogP contribution is -2.58. The van der Waals surface area contributed by atoms with Crippen LogP contribution in [0, 0.1) is 0 Å². The van der Waals surface area contributed by atoms with Crippen LogP contribution >= 0.6 is 0 Å². The van der Waals surface area contributed by atoms with E-state index in [9.17, 15) is 30.3 Å². The Labute approximate surface area is 192 Å². The summed E-state index contributed by atoms with van der Waals surface area (Å²) in [5.41, 5.74) is -0.559. The van der Waals surface area contributed by atoms with Gasteiger partial charge < -0.3 is 48.9 Å². The largest absolute Gasteiger partial charge is 0.508 e. The molecule has 0 bridgehead atoms. The predicted octanol–water partition coefficient (Wildman–Crippen LogP) is 1.09. The van der Waals surface area contributed by atoms with Crippen molar-refractivity contribution in [2.75, 3.05) is 14.2 Å². The average molecular weight is 476 g/mol. The molecule has 0 radical (unpaired) electrons. The number of aromatic hydroxyl groups is 2. The molecular formula is C23H24O11. The van der Waals surface area contributed by atoms with E-state index in [0.717, 1.165) is 0 Å². The molecule has 0 amide bonds. The molecule has 11 heteroatoms. The first-order valence-corrected chi connectivity index (χ1v) is 10.3. The lowest BCUT2D eigenvalue weighted by atomic mass is 10.00. The zero-order chi connectivity index (χ0) is 24.7.